The molecule has 7 aromatic carbocycles. The predicted octanol–water partition coefficient (Wildman–Crippen LogP) is 12.7. The van der Waals surface area contributed by atoms with Crippen LogP contribution in [-0.2, 0) is 5.41 Å². The Labute approximate surface area is 300 Å². The minimum absolute atomic E-state index is 0.122. The van der Waals surface area contributed by atoms with E-state index < -0.39 is 0 Å². The largest absolute Gasteiger partial charge is 0.311 e. The molecule has 51 heavy (non-hydrogen) atoms. The van der Waals surface area contributed by atoms with E-state index in [0.29, 0.717) is 0 Å². The van der Waals surface area contributed by atoms with Gasteiger partial charge in [0.2, 0.25) is 0 Å². The van der Waals surface area contributed by atoms with Crippen LogP contribution in [0.1, 0.15) is 48.9 Å². The summed E-state index contributed by atoms with van der Waals surface area (Å²) < 4.78 is 2.50. The number of aromatic nitrogens is 1. The van der Waals surface area contributed by atoms with Gasteiger partial charge in [-0.05, 0) is 114 Å². The molecule has 0 N–H and O–H groups in total. The molecule has 0 bridgehead atoms. The summed E-state index contributed by atoms with van der Waals surface area (Å²) in [5.41, 5.74) is 14.6. The standard InChI is InChI=1S/C49H38N2/c1-3-49(4-2)45-34-36(25-24-35-26-29-40(30-27-35)50(37-16-8-5-9-17-37)38-18-10-6-11-19-38)28-31-41(45)43-32-33-44-42-22-14-15-23-46(42)51(48(44)47(43)49)39-20-12-7-13-21-39/h5-23,26-34H,3-4H2,1-2H3. The monoisotopic (exact) mass is 654 g/mol. The Morgan fingerprint density at radius 2 is 1.06 bits per heavy atom. The number of hydrogen-bond acceptors (Lipinski definition) is 1. The molecule has 0 aliphatic heterocycles. The molecule has 0 atom stereocenters. The maximum absolute atomic E-state index is 3.54. The van der Waals surface area contributed by atoms with Gasteiger partial charge in [0.1, 0.15) is 0 Å². The first-order chi connectivity index (χ1) is 25.2. The van der Waals surface area contributed by atoms with Crippen LogP contribution in [0.3, 0.4) is 0 Å². The molecule has 0 unspecified atom stereocenters. The van der Waals surface area contributed by atoms with Crippen LogP contribution in [0.15, 0.2) is 170 Å². The van der Waals surface area contributed by atoms with Crippen LogP contribution in [-0.4, -0.2) is 4.57 Å². The van der Waals surface area contributed by atoms with E-state index in [4.69, 9.17) is 0 Å². The molecule has 1 aliphatic carbocycles. The molecule has 0 amide bonds. The maximum Gasteiger partial charge on any atom is 0.0588 e. The fraction of sp³-hybridized carbons (Fsp3) is 0.102. The van der Waals surface area contributed by atoms with Crippen molar-refractivity contribution < 1.29 is 0 Å². The van der Waals surface area contributed by atoms with Crippen molar-refractivity contribution in [1.29, 1.82) is 0 Å². The van der Waals surface area contributed by atoms with Gasteiger partial charge in [0, 0.05) is 50.1 Å². The topological polar surface area (TPSA) is 8.17 Å². The molecule has 244 valence electrons. The molecule has 2 nitrogen and oxygen atoms in total. The maximum atomic E-state index is 3.54. The second-order valence-corrected chi connectivity index (χ2v) is 13.4. The zero-order valence-electron chi connectivity index (χ0n) is 29.0. The number of nitrogens with zero attached hydrogens (tertiary/aromatic N) is 2. The SMILES string of the molecule is CCC1(CC)c2cc(C#Cc3ccc(N(c4ccccc4)c4ccccc4)cc3)ccc2-c2ccc3c4ccccc4n(-c4ccccc4)c3c21. The van der Waals surface area contributed by atoms with E-state index in [0.717, 1.165) is 41.0 Å². The van der Waals surface area contributed by atoms with Gasteiger partial charge in [0.05, 0.1) is 11.0 Å². The first-order valence-electron chi connectivity index (χ1n) is 18.0. The molecular formula is C49H38N2. The molecule has 9 rings (SSSR count). The molecule has 1 aliphatic rings. The van der Waals surface area contributed by atoms with Crippen molar-refractivity contribution in [3.05, 3.63) is 192 Å². The second kappa shape index (κ2) is 12.5. The number of para-hydroxylation sites is 4. The highest BCUT2D eigenvalue weighted by molar-refractivity contribution is 6.13. The zero-order chi connectivity index (χ0) is 34.4. The Kier molecular flexibility index (Phi) is 7.56. The van der Waals surface area contributed by atoms with Gasteiger partial charge in [-0.15, -0.1) is 0 Å². The van der Waals surface area contributed by atoms with E-state index in [9.17, 15) is 0 Å². The summed E-state index contributed by atoms with van der Waals surface area (Å²) in [6.07, 6.45) is 2.02. The summed E-state index contributed by atoms with van der Waals surface area (Å²) in [5, 5.41) is 2.61. The third-order valence-electron chi connectivity index (χ3n) is 10.9. The molecule has 0 spiro atoms. The van der Waals surface area contributed by atoms with Crippen molar-refractivity contribution in [1.82, 2.24) is 4.57 Å². The molecule has 0 fully saturated rings. The summed E-state index contributed by atoms with van der Waals surface area (Å²) in [5.74, 6) is 7.03. The first kappa shape index (κ1) is 30.7. The highest BCUT2D eigenvalue weighted by Crippen LogP contribution is 2.56. The van der Waals surface area contributed by atoms with Crippen LogP contribution in [0.2, 0.25) is 0 Å². The fourth-order valence-electron chi connectivity index (χ4n) is 8.42. The molecule has 0 saturated heterocycles. The summed E-state index contributed by atoms with van der Waals surface area (Å²) in [4.78, 5) is 2.28. The molecular weight excluding hydrogens is 617 g/mol. The van der Waals surface area contributed by atoms with E-state index in [1.807, 2.05) is 0 Å². The third kappa shape index (κ3) is 4.97. The van der Waals surface area contributed by atoms with Gasteiger partial charge in [0.25, 0.3) is 0 Å². The summed E-state index contributed by atoms with van der Waals surface area (Å²) >= 11 is 0. The molecule has 8 aromatic rings. The number of hydrogen-bond donors (Lipinski definition) is 0. The third-order valence-corrected chi connectivity index (χ3v) is 10.9. The first-order valence-corrected chi connectivity index (χ1v) is 18.0. The molecule has 2 heteroatoms. The van der Waals surface area contributed by atoms with Crippen molar-refractivity contribution in [3.63, 3.8) is 0 Å². The van der Waals surface area contributed by atoms with Crippen LogP contribution in [0.4, 0.5) is 17.1 Å². The van der Waals surface area contributed by atoms with E-state index in [-0.39, 0.29) is 5.41 Å². The fourth-order valence-corrected chi connectivity index (χ4v) is 8.42. The van der Waals surface area contributed by atoms with Crippen LogP contribution in [0, 0.1) is 11.8 Å². The smallest absolute Gasteiger partial charge is 0.0588 e. The zero-order valence-corrected chi connectivity index (χ0v) is 29.0. The van der Waals surface area contributed by atoms with Crippen molar-refractivity contribution in [2.75, 3.05) is 4.90 Å². The lowest BCUT2D eigenvalue weighted by Crippen LogP contribution is -2.24. The van der Waals surface area contributed by atoms with Gasteiger partial charge < -0.3 is 9.47 Å². The Morgan fingerprint density at radius 3 is 1.73 bits per heavy atom. The van der Waals surface area contributed by atoms with Crippen molar-refractivity contribution in [3.8, 4) is 28.7 Å². The number of benzene rings is 7. The normalized spacial score (nSPS) is 12.7. The van der Waals surface area contributed by atoms with E-state index in [1.165, 1.54) is 49.7 Å². The average Bonchev–Trinajstić information content (AvgIpc) is 3.69. The van der Waals surface area contributed by atoms with Crippen molar-refractivity contribution in [2.24, 2.45) is 0 Å². The van der Waals surface area contributed by atoms with Gasteiger partial charge >= 0.3 is 0 Å². The number of rotatable bonds is 6. The lowest BCUT2D eigenvalue weighted by Gasteiger charge is -2.31. The van der Waals surface area contributed by atoms with Crippen LogP contribution >= 0.6 is 0 Å². The van der Waals surface area contributed by atoms with Crippen LogP contribution in [0.25, 0.3) is 38.6 Å². The van der Waals surface area contributed by atoms with Gasteiger partial charge in [-0.1, -0.05) is 117 Å². The number of anilines is 3. The summed E-state index contributed by atoms with van der Waals surface area (Å²) in [6, 6.07) is 60.9. The van der Waals surface area contributed by atoms with Crippen LogP contribution in [0.5, 0.6) is 0 Å². The molecule has 0 radical (unpaired) electrons. The Hall–Kier alpha value is -6.30. The number of fused-ring (bicyclic) bond motifs is 7. The van der Waals surface area contributed by atoms with Gasteiger partial charge in [-0.25, -0.2) is 0 Å². The predicted molar refractivity (Wildman–Crippen MR) is 215 cm³/mol. The lowest BCUT2D eigenvalue weighted by atomic mass is 9.73. The van der Waals surface area contributed by atoms with Gasteiger partial charge in [-0.3, -0.25) is 0 Å². The Balaban J connectivity index is 1.12. The summed E-state index contributed by atoms with van der Waals surface area (Å²) in [7, 11) is 0. The molecule has 1 heterocycles. The highest BCUT2D eigenvalue weighted by atomic mass is 15.1. The Morgan fingerprint density at radius 1 is 0.510 bits per heavy atom. The Bertz CT molecular complexity index is 2540. The second-order valence-electron chi connectivity index (χ2n) is 13.4. The molecule has 0 saturated carbocycles. The highest BCUT2D eigenvalue weighted by Gasteiger charge is 2.43. The van der Waals surface area contributed by atoms with Crippen molar-refractivity contribution >= 4 is 38.9 Å². The summed E-state index contributed by atoms with van der Waals surface area (Å²) in [6.45, 7) is 4.70. The minimum atomic E-state index is -0.122. The lowest BCUT2D eigenvalue weighted by molar-refractivity contribution is 0.493. The van der Waals surface area contributed by atoms with E-state index in [1.54, 1.807) is 0 Å². The van der Waals surface area contributed by atoms with E-state index in [2.05, 4.69) is 205 Å². The van der Waals surface area contributed by atoms with Gasteiger partial charge in [0.15, 0.2) is 0 Å². The average molecular weight is 655 g/mol. The van der Waals surface area contributed by atoms with Crippen molar-refractivity contribution in [2.45, 2.75) is 32.1 Å². The van der Waals surface area contributed by atoms with Crippen LogP contribution < -0.4 is 4.90 Å². The molecule has 1 aromatic heterocycles. The van der Waals surface area contributed by atoms with E-state index >= 15 is 0 Å². The minimum Gasteiger partial charge on any atom is -0.311 e. The quantitative estimate of drug-likeness (QED) is 0.162. The van der Waals surface area contributed by atoms with Gasteiger partial charge in [-0.2, -0.15) is 0 Å².